The molecule has 0 aromatic carbocycles. The van der Waals surface area contributed by atoms with Crippen LogP contribution in [0.3, 0.4) is 0 Å². The molecule has 4 nitrogen and oxygen atoms in total. The van der Waals surface area contributed by atoms with E-state index in [-0.39, 0.29) is 0 Å². The van der Waals surface area contributed by atoms with Gasteiger partial charge in [0.15, 0.2) is 5.13 Å². The molecule has 0 aliphatic carbocycles. The Morgan fingerprint density at radius 1 is 1.67 bits per heavy atom. The van der Waals surface area contributed by atoms with Gasteiger partial charge >= 0.3 is 5.97 Å². The Morgan fingerprint density at radius 3 is 2.87 bits per heavy atom. The van der Waals surface area contributed by atoms with Crippen LogP contribution in [-0.4, -0.2) is 29.1 Å². The van der Waals surface area contributed by atoms with Gasteiger partial charge in [0.2, 0.25) is 0 Å². The van der Waals surface area contributed by atoms with Crippen molar-refractivity contribution in [3.8, 4) is 0 Å². The molecule has 15 heavy (non-hydrogen) atoms. The number of carboxylic acid groups (broad SMARTS) is 1. The molecule has 1 N–H and O–H groups in total. The molecule has 0 spiro atoms. The summed E-state index contributed by atoms with van der Waals surface area (Å²) in [6.07, 6.45) is 1.17. The molecule has 5 heteroatoms. The summed E-state index contributed by atoms with van der Waals surface area (Å²) in [6, 6.07) is 0. The van der Waals surface area contributed by atoms with E-state index < -0.39 is 5.97 Å². The van der Waals surface area contributed by atoms with Gasteiger partial charge in [0.1, 0.15) is 4.88 Å². The van der Waals surface area contributed by atoms with Crippen molar-refractivity contribution >= 4 is 22.4 Å². The molecule has 1 aliphatic rings. The van der Waals surface area contributed by atoms with Gasteiger partial charge in [-0.25, -0.2) is 9.78 Å². The summed E-state index contributed by atoms with van der Waals surface area (Å²) in [5.74, 6) is -0.189. The zero-order valence-electron chi connectivity index (χ0n) is 8.86. The molecule has 0 saturated carbocycles. The van der Waals surface area contributed by atoms with E-state index >= 15 is 0 Å². The van der Waals surface area contributed by atoms with Crippen molar-refractivity contribution in [3.63, 3.8) is 0 Å². The quantitative estimate of drug-likeness (QED) is 0.838. The molecule has 82 valence electrons. The summed E-state index contributed by atoms with van der Waals surface area (Å²) < 4.78 is 0. The summed E-state index contributed by atoms with van der Waals surface area (Å²) in [4.78, 5) is 17.7. The van der Waals surface area contributed by atoms with Gasteiger partial charge < -0.3 is 10.0 Å². The summed E-state index contributed by atoms with van der Waals surface area (Å²) in [5.41, 5.74) is 0.627. The highest BCUT2D eigenvalue weighted by Gasteiger charge is 2.23. The van der Waals surface area contributed by atoms with E-state index in [0.717, 1.165) is 18.2 Å². The molecule has 1 aliphatic heterocycles. The van der Waals surface area contributed by atoms with E-state index in [1.165, 1.54) is 17.8 Å². The Kier molecular flexibility index (Phi) is 2.65. The van der Waals surface area contributed by atoms with Gasteiger partial charge in [-0.2, -0.15) is 0 Å². The zero-order valence-corrected chi connectivity index (χ0v) is 9.67. The number of carboxylic acids is 1. The molecular weight excluding hydrogens is 212 g/mol. The van der Waals surface area contributed by atoms with Crippen LogP contribution in [0.1, 0.15) is 28.7 Å². The predicted octanol–water partition coefficient (Wildman–Crippen LogP) is 2.00. The number of hydrogen-bond donors (Lipinski definition) is 1. The fourth-order valence-electron chi connectivity index (χ4n) is 1.82. The Hall–Kier alpha value is -1.10. The number of rotatable bonds is 2. The lowest BCUT2D eigenvalue weighted by atomic mass is 10.2. The van der Waals surface area contributed by atoms with E-state index in [1.54, 1.807) is 6.92 Å². The van der Waals surface area contributed by atoms with Gasteiger partial charge in [-0.3, -0.25) is 0 Å². The van der Waals surface area contributed by atoms with Crippen molar-refractivity contribution in [1.29, 1.82) is 0 Å². The van der Waals surface area contributed by atoms with Gasteiger partial charge in [0.25, 0.3) is 0 Å². The van der Waals surface area contributed by atoms with Crippen LogP contribution in [0.5, 0.6) is 0 Å². The second-order valence-corrected chi connectivity index (χ2v) is 5.03. The van der Waals surface area contributed by atoms with Crippen molar-refractivity contribution in [2.24, 2.45) is 5.92 Å². The number of carbonyl (C=O) groups is 1. The first-order valence-corrected chi connectivity index (χ1v) is 5.85. The van der Waals surface area contributed by atoms with Crippen LogP contribution >= 0.6 is 11.3 Å². The van der Waals surface area contributed by atoms with Crippen LogP contribution in [-0.2, 0) is 0 Å². The Bertz CT molecular complexity index is 389. The molecule has 1 fully saturated rings. The molecule has 2 rings (SSSR count). The lowest BCUT2D eigenvalue weighted by Crippen LogP contribution is -2.18. The monoisotopic (exact) mass is 226 g/mol. The third-order valence-electron chi connectivity index (χ3n) is 2.67. The molecule has 1 unspecified atom stereocenters. The molecule has 2 heterocycles. The highest BCUT2D eigenvalue weighted by Crippen LogP contribution is 2.29. The molecule has 0 radical (unpaired) electrons. The van der Waals surface area contributed by atoms with E-state index in [4.69, 9.17) is 5.11 Å². The molecular formula is C10H14N2O2S. The molecule has 1 atom stereocenters. The Labute approximate surface area is 92.6 Å². The van der Waals surface area contributed by atoms with Crippen molar-refractivity contribution in [3.05, 3.63) is 10.6 Å². The second kappa shape index (κ2) is 3.81. The predicted molar refractivity (Wildman–Crippen MR) is 59.8 cm³/mol. The van der Waals surface area contributed by atoms with Crippen LogP contribution in [0.25, 0.3) is 0 Å². The molecule has 1 aromatic rings. The minimum absolute atomic E-state index is 0.365. The fraction of sp³-hybridized carbons (Fsp3) is 0.600. The third kappa shape index (κ3) is 1.97. The first kappa shape index (κ1) is 10.4. The zero-order chi connectivity index (χ0) is 11.0. The van der Waals surface area contributed by atoms with E-state index in [0.29, 0.717) is 16.5 Å². The molecule has 0 amide bonds. The lowest BCUT2D eigenvalue weighted by Gasteiger charge is -2.13. The van der Waals surface area contributed by atoms with Crippen LogP contribution in [0, 0.1) is 12.8 Å². The number of aromatic carboxylic acids is 1. The van der Waals surface area contributed by atoms with Gasteiger partial charge in [-0.1, -0.05) is 18.3 Å². The number of thiazole rings is 1. The normalized spacial score (nSPS) is 20.9. The van der Waals surface area contributed by atoms with E-state index in [2.05, 4.69) is 16.8 Å². The second-order valence-electron chi connectivity index (χ2n) is 4.06. The van der Waals surface area contributed by atoms with Gasteiger partial charge in [0.05, 0.1) is 5.69 Å². The van der Waals surface area contributed by atoms with Crippen LogP contribution in [0.4, 0.5) is 5.13 Å². The summed E-state index contributed by atoms with van der Waals surface area (Å²) in [5, 5.41) is 9.78. The number of anilines is 1. The topological polar surface area (TPSA) is 53.4 Å². The summed E-state index contributed by atoms with van der Waals surface area (Å²) >= 11 is 1.28. The third-order valence-corrected chi connectivity index (χ3v) is 3.88. The largest absolute Gasteiger partial charge is 0.477 e. The van der Waals surface area contributed by atoms with E-state index in [9.17, 15) is 4.79 Å². The number of hydrogen-bond acceptors (Lipinski definition) is 4. The average Bonchev–Trinajstić information content (AvgIpc) is 2.71. The van der Waals surface area contributed by atoms with Crippen molar-refractivity contribution in [2.75, 3.05) is 18.0 Å². The van der Waals surface area contributed by atoms with Crippen LogP contribution in [0.2, 0.25) is 0 Å². The molecule has 1 saturated heterocycles. The van der Waals surface area contributed by atoms with Gasteiger partial charge in [0, 0.05) is 13.1 Å². The Morgan fingerprint density at radius 2 is 2.40 bits per heavy atom. The molecule has 1 aromatic heterocycles. The maximum Gasteiger partial charge on any atom is 0.347 e. The van der Waals surface area contributed by atoms with Crippen LogP contribution < -0.4 is 4.90 Å². The number of aromatic nitrogens is 1. The van der Waals surface area contributed by atoms with Gasteiger partial charge in [-0.15, -0.1) is 0 Å². The fourth-order valence-corrected chi connectivity index (χ4v) is 2.77. The highest BCUT2D eigenvalue weighted by atomic mass is 32.1. The van der Waals surface area contributed by atoms with E-state index in [1.807, 2.05) is 0 Å². The highest BCUT2D eigenvalue weighted by molar-refractivity contribution is 7.17. The van der Waals surface area contributed by atoms with Gasteiger partial charge in [-0.05, 0) is 19.3 Å². The van der Waals surface area contributed by atoms with Crippen molar-refractivity contribution < 1.29 is 9.90 Å². The first-order valence-electron chi connectivity index (χ1n) is 5.03. The minimum Gasteiger partial charge on any atom is -0.477 e. The van der Waals surface area contributed by atoms with Crippen molar-refractivity contribution in [1.82, 2.24) is 4.98 Å². The number of nitrogens with zero attached hydrogens (tertiary/aromatic N) is 2. The minimum atomic E-state index is -0.872. The number of aryl methyl sites for hydroxylation is 1. The summed E-state index contributed by atoms with van der Waals surface area (Å²) in [6.45, 7) is 5.95. The first-order chi connectivity index (χ1) is 7.08. The molecule has 0 bridgehead atoms. The standard InChI is InChI=1S/C10H14N2O2S/c1-6-3-4-12(5-6)10-11-7(2)8(15-10)9(13)14/h6H,3-5H2,1-2H3,(H,13,14). The maximum atomic E-state index is 10.9. The average molecular weight is 226 g/mol. The van der Waals surface area contributed by atoms with Crippen molar-refractivity contribution in [2.45, 2.75) is 20.3 Å². The summed E-state index contributed by atoms with van der Waals surface area (Å²) in [7, 11) is 0. The smallest absolute Gasteiger partial charge is 0.347 e. The SMILES string of the molecule is Cc1nc(N2CCC(C)C2)sc1C(=O)O. The van der Waals surface area contributed by atoms with Crippen LogP contribution in [0.15, 0.2) is 0 Å². The maximum absolute atomic E-state index is 10.9. The lowest BCUT2D eigenvalue weighted by molar-refractivity contribution is 0.0701. The Balaban J connectivity index is 2.23.